The molecule has 1 aliphatic rings. The first-order valence-corrected chi connectivity index (χ1v) is 8.03. The highest BCUT2D eigenvalue weighted by molar-refractivity contribution is 5.93. The molecule has 1 aliphatic heterocycles. The van der Waals surface area contributed by atoms with Crippen LogP contribution in [0.15, 0.2) is 42.5 Å². The number of carbonyl (C=O) groups is 2. The van der Waals surface area contributed by atoms with Crippen molar-refractivity contribution in [1.82, 2.24) is 5.32 Å². The fourth-order valence-electron chi connectivity index (χ4n) is 2.83. The van der Waals surface area contributed by atoms with E-state index in [2.05, 4.69) is 16.7 Å². The molecule has 0 bridgehead atoms. The highest BCUT2D eigenvalue weighted by Crippen LogP contribution is 2.23. The number of anilines is 1. The third-order valence-electron chi connectivity index (χ3n) is 4.05. The van der Waals surface area contributed by atoms with Crippen molar-refractivity contribution >= 4 is 17.5 Å². The molecule has 0 aliphatic carbocycles. The van der Waals surface area contributed by atoms with Gasteiger partial charge in [0, 0.05) is 18.7 Å². The number of halogens is 1. The van der Waals surface area contributed by atoms with E-state index in [0.29, 0.717) is 18.5 Å². The number of nitrogens with one attached hydrogen (secondary N) is 2. The van der Waals surface area contributed by atoms with Gasteiger partial charge in [0.15, 0.2) is 0 Å². The predicted molar refractivity (Wildman–Crippen MR) is 90.2 cm³/mol. The third kappa shape index (κ3) is 4.19. The largest absolute Gasteiger partial charge is 0.355 e. The maximum Gasteiger partial charge on any atom is 0.224 e. The number of rotatable bonds is 5. The van der Waals surface area contributed by atoms with Gasteiger partial charge in [0.05, 0.1) is 6.42 Å². The zero-order chi connectivity index (χ0) is 16.9. The van der Waals surface area contributed by atoms with Gasteiger partial charge in [0.2, 0.25) is 11.8 Å². The van der Waals surface area contributed by atoms with Crippen molar-refractivity contribution in [1.29, 1.82) is 0 Å². The number of aryl methyl sites for hydroxylation is 1. The molecule has 4 nitrogen and oxygen atoms in total. The van der Waals surface area contributed by atoms with E-state index in [9.17, 15) is 14.0 Å². The van der Waals surface area contributed by atoms with Gasteiger partial charge in [-0.2, -0.15) is 0 Å². The first-order valence-electron chi connectivity index (χ1n) is 8.03. The number of benzene rings is 2. The molecular weight excluding hydrogens is 307 g/mol. The zero-order valence-corrected chi connectivity index (χ0v) is 13.3. The predicted octanol–water partition coefficient (Wildman–Crippen LogP) is 2.61. The van der Waals surface area contributed by atoms with Gasteiger partial charge in [0.1, 0.15) is 5.82 Å². The molecule has 124 valence electrons. The number of carbonyl (C=O) groups excluding carboxylic acids is 2. The Bertz CT molecular complexity index is 774. The lowest BCUT2D eigenvalue weighted by Crippen LogP contribution is -2.27. The van der Waals surface area contributed by atoms with E-state index in [1.807, 2.05) is 12.1 Å². The van der Waals surface area contributed by atoms with E-state index in [-0.39, 0.29) is 24.1 Å². The minimum atomic E-state index is -0.332. The molecule has 2 aromatic carbocycles. The average molecular weight is 326 g/mol. The Morgan fingerprint density at radius 2 is 2.00 bits per heavy atom. The van der Waals surface area contributed by atoms with Gasteiger partial charge in [-0.1, -0.05) is 24.3 Å². The molecule has 0 spiro atoms. The average Bonchev–Trinajstić information content (AvgIpc) is 2.55. The van der Waals surface area contributed by atoms with Crippen LogP contribution in [0.4, 0.5) is 10.1 Å². The molecule has 0 fully saturated rings. The van der Waals surface area contributed by atoms with Crippen molar-refractivity contribution in [2.45, 2.75) is 25.7 Å². The molecular formula is C19H19FN2O2. The molecule has 5 heteroatoms. The van der Waals surface area contributed by atoms with E-state index in [1.165, 1.54) is 12.1 Å². The number of hydrogen-bond acceptors (Lipinski definition) is 2. The first kappa shape index (κ1) is 16.2. The van der Waals surface area contributed by atoms with Crippen LogP contribution >= 0.6 is 0 Å². The van der Waals surface area contributed by atoms with Gasteiger partial charge >= 0.3 is 0 Å². The molecule has 0 atom stereocenters. The van der Waals surface area contributed by atoms with Crippen LogP contribution in [-0.2, 0) is 28.9 Å². The van der Waals surface area contributed by atoms with Gasteiger partial charge in [-0.3, -0.25) is 9.59 Å². The van der Waals surface area contributed by atoms with Crippen LogP contribution in [0.3, 0.4) is 0 Å². The molecule has 24 heavy (non-hydrogen) atoms. The molecule has 0 aromatic heterocycles. The normalized spacial score (nSPS) is 13.1. The second-order valence-electron chi connectivity index (χ2n) is 5.95. The van der Waals surface area contributed by atoms with E-state index >= 15 is 0 Å². The van der Waals surface area contributed by atoms with Crippen molar-refractivity contribution in [3.8, 4) is 0 Å². The van der Waals surface area contributed by atoms with Crippen LogP contribution in [0.2, 0.25) is 0 Å². The lowest BCUT2D eigenvalue weighted by molar-refractivity contribution is -0.120. The summed E-state index contributed by atoms with van der Waals surface area (Å²) >= 11 is 0. The zero-order valence-electron chi connectivity index (χ0n) is 13.3. The summed E-state index contributed by atoms with van der Waals surface area (Å²) in [4.78, 5) is 23.2. The van der Waals surface area contributed by atoms with Crippen molar-refractivity contribution in [2.75, 3.05) is 11.9 Å². The summed E-state index contributed by atoms with van der Waals surface area (Å²) in [6, 6.07) is 12.0. The van der Waals surface area contributed by atoms with Gasteiger partial charge in [0.25, 0.3) is 0 Å². The summed E-state index contributed by atoms with van der Waals surface area (Å²) in [7, 11) is 0. The first-order chi connectivity index (χ1) is 11.6. The van der Waals surface area contributed by atoms with Crippen LogP contribution in [0.25, 0.3) is 0 Å². The van der Waals surface area contributed by atoms with Crippen molar-refractivity contribution in [3.05, 3.63) is 65.0 Å². The van der Waals surface area contributed by atoms with Crippen molar-refractivity contribution < 1.29 is 14.0 Å². The lowest BCUT2D eigenvalue weighted by atomic mass is 9.99. The molecule has 2 N–H and O–H groups in total. The summed E-state index contributed by atoms with van der Waals surface area (Å²) < 4.78 is 13.1. The van der Waals surface area contributed by atoms with Crippen LogP contribution < -0.4 is 10.6 Å². The number of fused-ring (bicyclic) bond motifs is 1. The monoisotopic (exact) mass is 326 g/mol. The smallest absolute Gasteiger partial charge is 0.224 e. The van der Waals surface area contributed by atoms with Gasteiger partial charge in [-0.25, -0.2) is 4.39 Å². The Morgan fingerprint density at radius 3 is 2.83 bits per heavy atom. The second kappa shape index (κ2) is 7.25. The summed E-state index contributed by atoms with van der Waals surface area (Å²) in [5.74, 6) is -0.396. The van der Waals surface area contributed by atoms with E-state index < -0.39 is 0 Å². The Morgan fingerprint density at radius 1 is 1.12 bits per heavy atom. The molecule has 1 heterocycles. The minimum absolute atomic E-state index is 0.0554. The Labute approximate surface area is 140 Å². The lowest BCUT2D eigenvalue weighted by Gasteiger charge is -2.17. The topological polar surface area (TPSA) is 58.2 Å². The highest BCUT2D eigenvalue weighted by Gasteiger charge is 2.14. The molecule has 0 saturated heterocycles. The van der Waals surface area contributed by atoms with Crippen molar-refractivity contribution in [3.63, 3.8) is 0 Å². The summed E-state index contributed by atoms with van der Waals surface area (Å²) in [5.41, 5.74) is 3.80. The molecule has 3 rings (SSSR count). The number of amides is 2. The molecule has 0 unspecified atom stereocenters. The molecule has 0 radical (unpaired) electrons. The molecule has 0 saturated carbocycles. The Kier molecular flexibility index (Phi) is 4.89. The second-order valence-corrected chi connectivity index (χ2v) is 5.95. The highest BCUT2D eigenvalue weighted by atomic mass is 19.1. The summed E-state index contributed by atoms with van der Waals surface area (Å²) in [6.07, 6.45) is 2.16. The summed E-state index contributed by atoms with van der Waals surface area (Å²) in [5, 5.41) is 5.71. The van der Waals surface area contributed by atoms with E-state index in [4.69, 9.17) is 0 Å². The standard InChI is InChI=1S/C19H19FN2O2/c20-16-3-1-2-14(11-16)12-19(24)21-9-8-13-4-6-17-15(10-13)5-7-18(23)22-17/h1-4,6,10-11H,5,7-9,12H2,(H,21,24)(H,22,23). The molecule has 2 aromatic rings. The number of hydrogen-bond donors (Lipinski definition) is 2. The summed E-state index contributed by atoms with van der Waals surface area (Å²) in [6.45, 7) is 0.527. The SMILES string of the molecule is O=C(Cc1cccc(F)c1)NCCc1ccc2c(c1)CCC(=O)N2. The van der Waals surface area contributed by atoms with E-state index in [0.717, 1.165) is 29.7 Å². The van der Waals surface area contributed by atoms with Gasteiger partial charge < -0.3 is 10.6 Å². The third-order valence-corrected chi connectivity index (χ3v) is 4.05. The quantitative estimate of drug-likeness (QED) is 0.887. The minimum Gasteiger partial charge on any atom is -0.355 e. The van der Waals surface area contributed by atoms with Gasteiger partial charge in [-0.15, -0.1) is 0 Å². The maximum atomic E-state index is 13.1. The Hall–Kier alpha value is -2.69. The fraction of sp³-hybridized carbons (Fsp3) is 0.263. The molecule has 2 amide bonds. The van der Waals surface area contributed by atoms with Crippen LogP contribution in [0.1, 0.15) is 23.1 Å². The van der Waals surface area contributed by atoms with Crippen LogP contribution in [0, 0.1) is 5.82 Å². The van der Waals surface area contributed by atoms with Crippen molar-refractivity contribution in [2.24, 2.45) is 0 Å². The van der Waals surface area contributed by atoms with Crippen LogP contribution in [-0.4, -0.2) is 18.4 Å². The van der Waals surface area contributed by atoms with Gasteiger partial charge in [-0.05, 0) is 47.7 Å². The van der Waals surface area contributed by atoms with E-state index in [1.54, 1.807) is 12.1 Å². The maximum absolute atomic E-state index is 13.1. The Balaban J connectivity index is 1.49. The fourth-order valence-corrected chi connectivity index (χ4v) is 2.83. The van der Waals surface area contributed by atoms with Crippen LogP contribution in [0.5, 0.6) is 0 Å².